The number of thiazole rings is 1. The molecule has 1 aromatic heterocycles. The van der Waals surface area contributed by atoms with Crippen LogP contribution < -0.4 is 4.87 Å². The molecule has 0 aromatic carbocycles. The average molecular weight is 397 g/mol. The van der Waals surface area contributed by atoms with Crippen LogP contribution in [0, 0.1) is 13.8 Å². The normalized spacial score (nSPS) is 20.6. The number of hydrogen-bond acceptors (Lipinski definition) is 6. The summed E-state index contributed by atoms with van der Waals surface area (Å²) in [5.74, 6) is -0.0925. The number of carbonyl (C=O) groups excluding carboxylic acids is 2. The van der Waals surface area contributed by atoms with Gasteiger partial charge in [-0.1, -0.05) is 11.3 Å². The Hall–Kier alpha value is -1.87. The van der Waals surface area contributed by atoms with Gasteiger partial charge in [-0.25, -0.2) is 4.79 Å². The maximum atomic E-state index is 12.8. The largest absolute Gasteiger partial charge is 0.447 e. The van der Waals surface area contributed by atoms with E-state index in [2.05, 4.69) is 0 Å². The third-order valence-electron chi connectivity index (χ3n) is 5.28. The molecule has 0 radical (unpaired) electrons. The van der Waals surface area contributed by atoms with Crippen molar-refractivity contribution < 1.29 is 19.1 Å². The SMILES string of the molecule is Cc1sc(=O)n(CC(=O)N2CCCCC2COC(=O)N2CCOCC2)c1C. The molecule has 1 unspecified atom stereocenters. The van der Waals surface area contributed by atoms with E-state index >= 15 is 0 Å². The summed E-state index contributed by atoms with van der Waals surface area (Å²) >= 11 is 1.17. The van der Waals surface area contributed by atoms with Gasteiger partial charge >= 0.3 is 11.0 Å². The number of morpholine rings is 1. The Morgan fingerprint density at radius 3 is 2.59 bits per heavy atom. The number of nitrogens with zero attached hydrogens (tertiary/aromatic N) is 3. The van der Waals surface area contributed by atoms with Crippen LogP contribution in [-0.2, 0) is 20.8 Å². The van der Waals surface area contributed by atoms with E-state index < -0.39 is 0 Å². The number of carbonyl (C=O) groups is 2. The smallest absolute Gasteiger partial charge is 0.409 e. The summed E-state index contributed by atoms with van der Waals surface area (Å²) in [5, 5.41) is 0. The number of aromatic nitrogens is 1. The zero-order valence-corrected chi connectivity index (χ0v) is 16.8. The van der Waals surface area contributed by atoms with Gasteiger partial charge in [0.2, 0.25) is 5.91 Å². The fourth-order valence-electron chi connectivity index (χ4n) is 3.50. The lowest BCUT2D eigenvalue weighted by atomic mass is 10.0. The molecular formula is C18H27N3O5S. The van der Waals surface area contributed by atoms with Gasteiger partial charge in [0, 0.05) is 30.2 Å². The van der Waals surface area contributed by atoms with Crippen molar-refractivity contribution in [3.8, 4) is 0 Å². The number of hydrogen-bond donors (Lipinski definition) is 0. The summed E-state index contributed by atoms with van der Waals surface area (Å²) in [5.41, 5.74) is 0.839. The lowest BCUT2D eigenvalue weighted by Gasteiger charge is -2.36. The van der Waals surface area contributed by atoms with Gasteiger partial charge in [0.25, 0.3) is 0 Å². The van der Waals surface area contributed by atoms with E-state index in [-0.39, 0.29) is 36.1 Å². The molecule has 0 bridgehead atoms. The van der Waals surface area contributed by atoms with Gasteiger partial charge in [-0.3, -0.25) is 14.2 Å². The molecule has 0 spiro atoms. The summed E-state index contributed by atoms with van der Waals surface area (Å²) in [6, 6.07) is -0.132. The highest BCUT2D eigenvalue weighted by atomic mass is 32.1. The average Bonchev–Trinajstić information content (AvgIpc) is 2.93. The molecule has 1 atom stereocenters. The minimum absolute atomic E-state index is 0.0446. The van der Waals surface area contributed by atoms with Crippen LogP contribution in [0.25, 0.3) is 0 Å². The fourth-order valence-corrected chi connectivity index (χ4v) is 4.33. The first-order valence-electron chi connectivity index (χ1n) is 9.43. The highest BCUT2D eigenvalue weighted by molar-refractivity contribution is 7.09. The molecular weight excluding hydrogens is 370 g/mol. The third-order valence-corrected chi connectivity index (χ3v) is 6.28. The Bertz CT molecular complexity index is 738. The third kappa shape index (κ3) is 4.70. The summed E-state index contributed by atoms with van der Waals surface area (Å²) in [4.78, 5) is 41.4. The topological polar surface area (TPSA) is 81.1 Å². The Morgan fingerprint density at radius 1 is 1.19 bits per heavy atom. The highest BCUT2D eigenvalue weighted by Crippen LogP contribution is 2.19. The van der Waals surface area contributed by atoms with Crippen molar-refractivity contribution in [2.75, 3.05) is 39.5 Å². The van der Waals surface area contributed by atoms with Crippen LogP contribution in [0.5, 0.6) is 0 Å². The van der Waals surface area contributed by atoms with Crippen LogP contribution in [0.15, 0.2) is 4.79 Å². The van der Waals surface area contributed by atoms with Crippen molar-refractivity contribution in [1.29, 1.82) is 0 Å². The zero-order valence-electron chi connectivity index (χ0n) is 15.9. The number of ether oxygens (including phenoxy) is 2. The van der Waals surface area contributed by atoms with Crippen molar-refractivity contribution in [3.63, 3.8) is 0 Å². The molecule has 1 aromatic rings. The van der Waals surface area contributed by atoms with Gasteiger partial charge in [-0.15, -0.1) is 0 Å². The molecule has 0 N–H and O–H groups in total. The van der Waals surface area contributed by atoms with Crippen molar-refractivity contribution >= 4 is 23.3 Å². The maximum absolute atomic E-state index is 12.8. The van der Waals surface area contributed by atoms with E-state index in [4.69, 9.17) is 9.47 Å². The van der Waals surface area contributed by atoms with Crippen LogP contribution in [-0.4, -0.2) is 71.9 Å². The summed E-state index contributed by atoms with van der Waals surface area (Å²) < 4.78 is 12.3. The Morgan fingerprint density at radius 2 is 1.93 bits per heavy atom. The highest BCUT2D eigenvalue weighted by Gasteiger charge is 2.29. The second kappa shape index (κ2) is 8.88. The van der Waals surface area contributed by atoms with Gasteiger partial charge in [0.05, 0.1) is 19.3 Å². The monoisotopic (exact) mass is 397 g/mol. The van der Waals surface area contributed by atoms with Crippen LogP contribution in [0.1, 0.15) is 29.8 Å². The van der Waals surface area contributed by atoms with Crippen LogP contribution in [0.4, 0.5) is 4.79 Å². The van der Waals surface area contributed by atoms with Gasteiger partial charge in [0.1, 0.15) is 13.2 Å². The zero-order chi connectivity index (χ0) is 19.4. The summed E-state index contributed by atoms with van der Waals surface area (Å²) in [6.07, 6.45) is 2.38. The minimum atomic E-state index is -0.350. The molecule has 0 aliphatic carbocycles. The first kappa shape index (κ1) is 19.9. The fraction of sp³-hybridized carbons (Fsp3) is 0.722. The van der Waals surface area contributed by atoms with Crippen LogP contribution in [0.3, 0.4) is 0 Å². The first-order valence-corrected chi connectivity index (χ1v) is 10.2. The Labute approximate surface area is 162 Å². The molecule has 2 amide bonds. The molecule has 27 heavy (non-hydrogen) atoms. The van der Waals surface area contributed by atoms with Crippen molar-refractivity contribution in [3.05, 3.63) is 20.2 Å². The van der Waals surface area contributed by atoms with Crippen LogP contribution in [0.2, 0.25) is 0 Å². The number of aryl methyl sites for hydroxylation is 1. The van der Waals surface area contributed by atoms with E-state index in [1.165, 1.54) is 15.9 Å². The molecule has 2 aliphatic rings. The predicted octanol–water partition coefficient (Wildman–Crippen LogP) is 1.38. The molecule has 9 heteroatoms. The van der Waals surface area contributed by atoms with Crippen molar-refractivity contribution in [2.24, 2.45) is 0 Å². The molecule has 2 fully saturated rings. The Balaban J connectivity index is 1.59. The lowest BCUT2D eigenvalue weighted by molar-refractivity contribution is -0.136. The van der Waals surface area contributed by atoms with Gasteiger partial charge in [0.15, 0.2) is 0 Å². The van der Waals surface area contributed by atoms with E-state index in [1.54, 1.807) is 9.80 Å². The molecule has 8 nitrogen and oxygen atoms in total. The van der Waals surface area contributed by atoms with Gasteiger partial charge in [-0.2, -0.15) is 0 Å². The predicted molar refractivity (Wildman–Crippen MR) is 101 cm³/mol. The number of piperidine rings is 1. The standard InChI is InChI=1S/C18H27N3O5S/c1-13-14(2)27-18(24)21(13)11-16(22)20-6-4-3-5-15(20)12-26-17(23)19-7-9-25-10-8-19/h15H,3-12H2,1-2H3. The maximum Gasteiger partial charge on any atom is 0.409 e. The second-order valence-electron chi connectivity index (χ2n) is 7.01. The van der Waals surface area contributed by atoms with Gasteiger partial charge in [-0.05, 0) is 33.1 Å². The first-order chi connectivity index (χ1) is 13.0. The molecule has 3 rings (SSSR count). The van der Waals surface area contributed by atoms with Crippen molar-refractivity contribution in [1.82, 2.24) is 14.4 Å². The molecule has 0 saturated carbocycles. The van der Waals surface area contributed by atoms with E-state index in [9.17, 15) is 14.4 Å². The molecule has 3 heterocycles. The van der Waals surface area contributed by atoms with Crippen molar-refractivity contribution in [2.45, 2.75) is 45.7 Å². The van der Waals surface area contributed by atoms with E-state index in [0.29, 0.717) is 32.8 Å². The Kier molecular flexibility index (Phi) is 6.54. The minimum Gasteiger partial charge on any atom is -0.447 e. The molecule has 2 aliphatic heterocycles. The number of rotatable bonds is 4. The molecule has 2 saturated heterocycles. The number of amides is 2. The quantitative estimate of drug-likeness (QED) is 0.767. The molecule has 150 valence electrons. The summed E-state index contributed by atoms with van der Waals surface area (Å²) in [6.45, 7) is 6.73. The van der Waals surface area contributed by atoms with Crippen LogP contribution >= 0.6 is 11.3 Å². The van der Waals surface area contributed by atoms with E-state index in [1.807, 2.05) is 13.8 Å². The van der Waals surface area contributed by atoms with Gasteiger partial charge < -0.3 is 19.3 Å². The number of likely N-dealkylation sites (tertiary alicyclic amines) is 1. The summed E-state index contributed by atoms with van der Waals surface area (Å²) in [7, 11) is 0. The van der Waals surface area contributed by atoms with E-state index in [0.717, 1.165) is 29.8 Å². The lowest BCUT2D eigenvalue weighted by Crippen LogP contribution is -2.49. The second-order valence-corrected chi connectivity index (χ2v) is 8.17.